The Morgan fingerprint density at radius 1 is 1.05 bits per heavy atom. The summed E-state index contributed by atoms with van der Waals surface area (Å²) in [7, 11) is 0. The van der Waals surface area contributed by atoms with Crippen LogP contribution in [0, 0.1) is 5.92 Å². The van der Waals surface area contributed by atoms with Crippen LogP contribution in [0.15, 0.2) is 35.9 Å². The fourth-order valence-electron chi connectivity index (χ4n) is 3.06. The van der Waals surface area contributed by atoms with Crippen molar-refractivity contribution in [3.63, 3.8) is 0 Å². The molecule has 0 saturated heterocycles. The van der Waals surface area contributed by atoms with Crippen LogP contribution in [0.25, 0.3) is 5.57 Å². The summed E-state index contributed by atoms with van der Waals surface area (Å²) in [5.74, 6) is -0.385. The Morgan fingerprint density at radius 2 is 1.63 bits per heavy atom. The highest BCUT2D eigenvalue weighted by atomic mass is 16.4. The fourth-order valence-corrected chi connectivity index (χ4v) is 3.06. The Kier molecular flexibility index (Phi) is 4.78. The van der Waals surface area contributed by atoms with Gasteiger partial charge in [-0.25, -0.2) is 4.79 Å². The predicted octanol–water partition coefficient (Wildman–Crippen LogP) is 4.52. The molecule has 102 valence electrons. The van der Waals surface area contributed by atoms with Crippen LogP contribution in [0.2, 0.25) is 0 Å². The van der Waals surface area contributed by atoms with Crippen LogP contribution >= 0.6 is 0 Å². The van der Waals surface area contributed by atoms with Gasteiger partial charge in [-0.1, -0.05) is 56.0 Å². The SMILES string of the molecule is C/C(C(=O)O)=C(/c1ccccc1)C1CCCCCC1. The number of hydrogen-bond acceptors (Lipinski definition) is 1. The van der Waals surface area contributed by atoms with Crippen LogP contribution in [-0.2, 0) is 4.79 Å². The van der Waals surface area contributed by atoms with Crippen molar-refractivity contribution in [1.82, 2.24) is 0 Å². The monoisotopic (exact) mass is 258 g/mol. The third kappa shape index (κ3) is 3.46. The molecule has 0 bridgehead atoms. The van der Waals surface area contributed by atoms with Gasteiger partial charge < -0.3 is 5.11 Å². The molecule has 0 heterocycles. The molecule has 1 fully saturated rings. The second kappa shape index (κ2) is 6.55. The van der Waals surface area contributed by atoms with Gasteiger partial charge in [-0.05, 0) is 36.8 Å². The number of aliphatic carboxylic acids is 1. The van der Waals surface area contributed by atoms with Crippen LogP contribution < -0.4 is 0 Å². The third-order valence-corrected chi connectivity index (χ3v) is 4.07. The van der Waals surface area contributed by atoms with Crippen molar-refractivity contribution in [3.8, 4) is 0 Å². The first kappa shape index (κ1) is 13.9. The number of carbonyl (C=O) groups is 1. The van der Waals surface area contributed by atoms with Gasteiger partial charge in [-0.15, -0.1) is 0 Å². The van der Waals surface area contributed by atoms with Gasteiger partial charge in [0.2, 0.25) is 0 Å². The summed E-state index contributed by atoms with van der Waals surface area (Å²) in [4.78, 5) is 11.4. The summed E-state index contributed by atoms with van der Waals surface area (Å²) >= 11 is 0. The summed E-state index contributed by atoms with van der Waals surface area (Å²) in [6.07, 6.45) is 7.24. The van der Waals surface area contributed by atoms with Crippen LogP contribution in [0.1, 0.15) is 51.0 Å². The first-order valence-electron chi connectivity index (χ1n) is 7.19. The van der Waals surface area contributed by atoms with Crippen molar-refractivity contribution < 1.29 is 9.90 Å². The highest BCUT2D eigenvalue weighted by molar-refractivity contribution is 5.96. The van der Waals surface area contributed by atoms with Gasteiger partial charge in [0.1, 0.15) is 0 Å². The van der Waals surface area contributed by atoms with E-state index < -0.39 is 5.97 Å². The number of hydrogen-bond donors (Lipinski definition) is 1. The minimum atomic E-state index is -0.789. The quantitative estimate of drug-likeness (QED) is 0.639. The van der Waals surface area contributed by atoms with Crippen LogP contribution in [-0.4, -0.2) is 11.1 Å². The molecule has 19 heavy (non-hydrogen) atoms. The number of rotatable bonds is 3. The summed E-state index contributed by atoms with van der Waals surface area (Å²) in [5.41, 5.74) is 2.64. The molecule has 0 spiro atoms. The van der Waals surface area contributed by atoms with Gasteiger partial charge >= 0.3 is 5.97 Å². The van der Waals surface area contributed by atoms with Gasteiger partial charge in [-0.3, -0.25) is 0 Å². The maximum absolute atomic E-state index is 11.4. The van der Waals surface area contributed by atoms with Crippen molar-refractivity contribution in [1.29, 1.82) is 0 Å². The topological polar surface area (TPSA) is 37.3 Å². The average molecular weight is 258 g/mol. The van der Waals surface area contributed by atoms with E-state index in [1.807, 2.05) is 30.3 Å². The Hall–Kier alpha value is -1.57. The maximum Gasteiger partial charge on any atom is 0.331 e. The fraction of sp³-hybridized carbons (Fsp3) is 0.471. The third-order valence-electron chi connectivity index (χ3n) is 4.07. The lowest BCUT2D eigenvalue weighted by molar-refractivity contribution is -0.132. The first-order chi connectivity index (χ1) is 9.20. The minimum absolute atomic E-state index is 0.404. The summed E-state index contributed by atoms with van der Waals surface area (Å²) < 4.78 is 0. The normalized spacial score (nSPS) is 18.6. The molecular formula is C17H22O2. The molecule has 0 radical (unpaired) electrons. The van der Waals surface area contributed by atoms with Crippen molar-refractivity contribution in [2.45, 2.75) is 45.4 Å². The molecule has 1 aromatic rings. The summed E-state index contributed by atoms with van der Waals surface area (Å²) in [5, 5.41) is 9.36. The van der Waals surface area contributed by atoms with Gasteiger partial charge in [0.05, 0.1) is 0 Å². The van der Waals surface area contributed by atoms with E-state index in [1.54, 1.807) is 6.92 Å². The van der Waals surface area contributed by atoms with Crippen molar-refractivity contribution in [2.24, 2.45) is 5.92 Å². The van der Waals surface area contributed by atoms with E-state index in [2.05, 4.69) is 0 Å². The number of allylic oxidation sites excluding steroid dienone is 1. The minimum Gasteiger partial charge on any atom is -0.478 e. The van der Waals surface area contributed by atoms with E-state index in [1.165, 1.54) is 25.7 Å². The van der Waals surface area contributed by atoms with Crippen molar-refractivity contribution in [2.75, 3.05) is 0 Å². The number of benzene rings is 1. The molecule has 0 aliphatic heterocycles. The molecule has 1 N–H and O–H groups in total. The maximum atomic E-state index is 11.4. The largest absolute Gasteiger partial charge is 0.478 e. The molecule has 2 rings (SSSR count). The van der Waals surface area contributed by atoms with E-state index in [4.69, 9.17) is 0 Å². The van der Waals surface area contributed by atoms with E-state index in [0.717, 1.165) is 24.0 Å². The van der Waals surface area contributed by atoms with E-state index >= 15 is 0 Å². The molecule has 1 aromatic carbocycles. The lowest BCUT2D eigenvalue weighted by Crippen LogP contribution is -2.09. The van der Waals surface area contributed by atoms with Crippen molar-refractivity contribution in [3.05, 3.63) is 41.5 Å². The molecule has 2 heteroatoms. The molecule has 1 aliphatic carbocycles. The molecular weight excluding hydrogens is 236 g/mol. The van der Waals surface area contributed by atoms with Gasteiger partial charge in [0.15, 0.2) is 0 Å². The van der Waals surface area contributed by atoms with Crippen LogP contribution in [0.4, 0.5) is 0 Å². The van der Waals surface area contributed by atoms with Gasteiger partial charge in [0.25, 0.3) is 0 Å². The average Bonchev–Trinajstić information content (AvgIpc) is 2.69. The zero-order valence-corrected chi connectivity index (χ0v) is 11.6. The lowest BCUT2D eigenvalue weighted by atomic mass is 9.84. The highest BCUT2D eigenvalue weighted by Gasteiger charge is 2.22. The molecule has 0 unspecified atom stereocenters. The Morgan fingerprint density at radius 3 is 2.16 bits per heavy atom. The van der Waals surface area contributed by atoms with Crippen LogP contribution in [0.5, 0.6) is 0 Å². The van der Waals surface area contributed by atoms with Crippen molar-refractivity contribution >= 4 is 11.5 Å². The highest BCUT2D eigenvalue weighted by Crippen LogP contribution is 2.36. The second-order valence-electron chi connectivity index (χ2n) is 5.40. The van der Waals surface area contributed by atoms with E-state index in [0.29, 0.717) is 11.5 Å². The standard InChI is InChI=1S/C17H22O2/c1-13(17(18)19)16(15-11-7-4-8-12-15)14-9-5-2-3-6-10-14/h4,7-8,11-12,14H,2-3,5-6,9-10H2,1H3,(H,18,19)/b16-13-. The van der Waals surface area contributed by atoms with E-state index in [9.17, 15) is 9.90 Å². The first-order valence-corrected chi connectivity index (χ1v) is 7.19. The predicted molar refractivity (Wildman–Crippen MR) is 77.9 cm³/mol. The molecule has 1 saturated carbocycles. The Labute approximate surface area is 115 Å². The zero-order chi connectivity index (χ0) is 13.7. The molecule has 0 atom stereocenters. The molecule has 2 nitrogen and oxygen atoms in total. The number of carboxylic acid groups (broad SMARTS) is 1. The van der Waals surface area contributed by atoms with E-state index in [-0.39, 0.29) is 0 Å². The molecule has 1 aliphatic rings. The Bertz CT molecular complexity index is 451. The second-order valence-corrected chi connectivity index (χ2v) is 5.40. The van der Waals surface area contributed by atoms with Crippen LogP contribution in [0.3, 0.4) is 0 Å². The van der Waals surface area contributed by atoms with Gasteiger partial charge in [0, 0.05) is 5.57 Å². The number of carboxylic acids is 1. The van der Waals surface area contributed by atoms with Gasteiger partial charge in [-0.2, -0.15) is 0 Å². The molecule has 0 amide bonds. The smallest absolute Gasteiger partial charge is 0.331 e. The molecule has 0 aromatic heterocycles. The summed E-state index contributed by atoms with van der Waals surface area (Å²) in [6.45, 7) is 1.75. The Balaban J connectivity index is 2.40. The zero-order valence-electron chi connectivity index (χ0n) is 11.6. The lowest BCUT2D eigenvalue weighted by Gasteiger charge is -2.20. The summed E-state index contributed by atoms with van der Waals surface area (Å²) in [6, 6.07) is 10.0.